The Balaban J connectivity index is 2.03. The lowest BCUT2D eigenvalue weighted by Crippen LogP contribution is -2.43. The van der Waals surface area contributed by atoms with E-state index < -0.39 is 0 Å². The predicted octanol–water partition coefficient (Wildman–Crippen LogP) is -0.220. The molecule has 0 atom stereocenters. The van der Waals surface area contributed by atoms with Gasteiger partial charge in [0.25, 0.3) is 0 Å². The van der Waals surface area contributed by atoms with Crippen molar-refractivity contribution in [3.8, 4) is 0 Å². The highest BCUT2D eigenvalue weighted by molar-refractivity contribution is 5.09. The Morgan fingerprint density at radius 1 is 1.36 bits per heavy atom. The van der Waals surface area contributed by atoms with Crippen molar-refractivity contribution in [3.63, 3.8) is 0 Å². The summed E-state index contributed by atoms with van der Waals surface area (Å²) in [5, 5.41) is 3.29. The molecule has 2 rings (SSSR count). The van der Waals surface area contributed by atoms with E-state index >= 15 is 0 Å². The van der Waals surface area contributed by atoms with E-state index in [4.69, 9.17) is 0 Å². The van der Waals surface area contributed by atoms with Crippen LogP contribution in [-0.4, -0.2) is 36.1 Å². The Kier molecular flexibility index (Phi) is 2.96. The van der Waals surface area contributed by atoms with Crippen molar-refractivity contribution in [2.45, 2.75) is 6.54 Å². The smallest absolute Gasteiger partial charge is 0.186 e. The van der Waals surface area contributed by atoms with Crippen molar-refractivity contribution in [2.24, 2.45) is 0 Å². The molecule has 76 valence electrons. The monoisotopic (exact) mass is 193 g/mol. The molecule has 0 amide bonds. The number of aromatic nitrogens is 1. The largest absolute Gasteiger partial charge is 0.367 e. The van der Waals surface area contributed by atoms with Gasteiger partial charge >= 0.3 is 0 Å². The number of pyridine rings is 1. The highest BCUT2D eigenvalue weighted by atomic mass is 16.1. The molecule has 1 aromatic rings. The molecule has 1 aliphatic heterocycles. The van der Waals surface area contributed by atoms with E-state index in [9.17, 15) is 4.79 Å². The van der Waals surface area contributed by atoms with Crippen molar-refractivity contribution >= 4 is 0 Å². The highest BCUT2D eigenvalue weighted by Gasteiger charge is 2.10. The second-order valence-corrected chi connectivity index (χ2v) is 3.56. The molecule has 2 N–H and O–H groups in total. The van der Waals surface area contributed by atoms with Crippen molar-refractivity contribution < 1.29 is 0 Å². The molecule has 0 aliphatic carbocycles. The van der Waals surface area contributed by atoms with E-state index in [2.05, 4.69) is 15.2 Å². The summed E-state index contributed by atoms with van der Waals surface area (Å²) in [5.41, 5.74) is 0.983. The number of hydrogen-bond acceptors (Lipinski definition) is 3. The summed E-state index contributed by atoms with van der Waals surface area (Å²) >= 11 is 0. The SMILES string of the molecule is O=c1cc[nH]cc1CN1CCNCC1. The zero-order valence-corrected chi connectivity index (χ0v) is 8.12. The minimum absolute atomic E-state index is 0.127. The lowest BCUT2D eigenvalue weighted by atomic mass is 10.2. The molecule has 4 nitrogen and oxygen atoms in total. The van der Waals surface area contributed by atoms with Gasteiger partial charge in [0.15, 0.2) is 5.43 Å². The van der Waals surface area contributed by atoms with Gasteiger partial charge in [-0.15, -0.1) is 0 Å². The average Bonchev–Trinajstić information content (AvgIpc) is 2.23. The zero-order valence-electron chi connectivity index (χ0n) is 8.12. The maximum Gasteiger partial charge on any atom is 0.186 e. The van der Waals surface area contributed by atoms with Crippen LogP contribution in [-0.2, 0) is 6.54 Å². The van der Waals surface area contributed by atoms with Crippen LogP contribution in [0.25, 0.3) is 0 Å². The van der Waals surface area contributed by atoms with Gasteiger partial charge in [-0.05, 0) is 0 Å². The molecule has 1 saturated heterocycles. The third kappa shape index (κ3) is 2.21. The fraction of sp³-hybridized carbons (Fsp3) is 0.500. The molecule has 1 fully saturated rings. The van der Waals surface area contributed by atoms with Crippen LogP contribution in [0.3, 0.4) is 0 Å². The number of nitrogens with zero attached hydrogens (tertiary/aromatic N) is 1. The van der Waals surface area contributed by atoms with Gasteiger partial charge in [0, 0.05) is 56.7 Å². The van der Waals surface area contributed by atoms with Crippen LogP contribution in [0.15, 0.2) is 23.3 Å². The van der Waals surface area contributed by atoms with Crippen molar-refractivity contribution in [1.82, 2.24) is 15.2 Å². The first-order valence-electron chi connectivity index (χ1n) is 4.95. The molecular weight excluding hydrogens is 178 g/mol. The molecular formula is C10H15N3O. The maximum absolute atomic E-state index is 11.4. The van der Waals surface area contributed by atoms with Crippen molar-refractivity contribution in [3.05, 3.63) is 34.2 Å². The molecule has 14 heavy (non-hydrogen) atoms. The Labute approximate surface area is 82.9 Å². The predicted molar refractivity (Wildman–Crippen MR) is 55.2 cm³/mol. The first-order chi connectivity index (χ1) is 6.86. The zero-order chi connectivity index (χ0) is 9.80. The van der Waals surface area contributed by atoms with Crippen LogP contribution in [0.2, 0.25) is 0 Å². The third-order valence-corrected chi connectivity index (χ3v) is 2.51. The summed E-state index contributed by atoms with van der Waals surface area (Å²) in [4.78, 5) is 16.7. The molecule has 4 heteroatoms. The van der Waals surface area contributed by atoms with Gasteiger partial charge in [-0.2, -0.15) is 0 Å². The number of rotatable bonds is 2. The standard InChI is InChI=1S/C10H15N3O/c14-10-1-2-12-7-9(10)8-13-5-3-11-4-6-13/h1-2,7,11H,3-6,8H2,(H,12,14). The van der Waals surface area contributed by atoms with Gasteiger partial charge in [-0.1, -0.05) is 0 Å². The average molecular weight is 193 g/mol. The number of H-pyrrole nitrogens is 1. The minimum Gasteiger partial charge on any atom is -0.367 e. The van der Waals surface area contributed by atoms with Gasteiger partial charge in [0.2, 0.25) is 0 Å². The third-order valence-electron chi connectivity index (χ3n) is 2.51. The summed E-state index contributed by atoms with van der Waals surface area (Å²) in [6.07, 6.45) is 3.47. The number of nitrogens with one attached hydrogen (secondary N) is 2. The van der Waals surface area contributed by atoms with E-state index in [1.54, 1.807) is 18.5 Å². The van der Waals surface area contributed by atoms with E-state index in [1.165, 1.54) is 0 Å². The molecule has 0 saturated carbocycles. The number of aromatic amines is 1. The van der Waals surface area contributed by atoms with Gasteiger partial charge in [-0.3, -0.25) is 9.69 Å². The van der Waals surface area contributed by atoms with E-state index in [-0.39, 0.29) is 5.43 Å². The molecule has 0 unspecified atom stereocenters. The molecule has 0 radical (unpaired) electrons. The van der Waals surface area contributed by atoms with Gasteiger partial charge in [0.1, 0.15) is 0 Å². The van der Waals surface area contributed by atoms with Crippen molar-refractivity contribution in [1.29, 1.82) is 0 Å². The first-order valence-corrected chi connectivity index (χ1v) is 4.95. The number of piperazine rings is 1. The quantitative estimate of drug-likeness (QED) is 0.682. The minimum atomic E-state index is 0.127. The fourth-order valence-electron chi connectivity index (χ4n) is 1.68. The molecule has 2 heterocycles. The second kappa shape index (κ2) is 4.39. The Bertz CT molecular complexity index is 341. The summed E-state index contributed by atoms with van der Waals surface area (Å²) in [6, 6.07) is 1.58. The van der Waals surface area contributed by atoms with Crippen LogP contribution >= 0.6 is 0 Å². The van der Waals surface area contributed by atoms with Gasteiger partial charge in [-0.25, -0.2) is 0 Å². The summed E-state index contributed by atoms with van der Waals surface area (Å²) in [7, 11) is 0. The van der Waals surface area contributed by atoms with Crippen molar-refractivity contribution in [2.75, 3.05) is 26.2 Å². The molecule has 1 aliphatic rings. The first kappa shape index (κ1) is 9.43. The van der Waals surface area contributed by atoms with E-state index in [1.807, 2.05) is 0 Å². The fourth-order valence-corrected chi connectivity index (χ4v) is 1.68. The Morgan fingerprint density at radius 3 is 2.86 bits per heavy atom. The van der Waals surface area contributed by atoms with E-state index in [0.29, 0.717) is 0 Å². The normalized spacial score (nSPS) is 18.3. The lowest BCUT2D eigenvalue weighted by Gasteiger charge is -2.26. The molecule has 0 bridgehead atoms. The van der Waals surface area contributed by atoms with Crippen LogP contribution in [0.1, 0.15) is 5.56 Å². The molecule has 0 aromatic carbocycles. The van der Waals surface area contributed by atoms with Crippen LogP contribution in [0, 0.1) is 0 Å². The molecule has 1 aromatic heterocycles. The second-order valence-electron chi connectivity index (χ2n) is 3.56. The van der Waals surface area contributed by atoms with Crippen LogP contribution in [0.5, 0.6) is 0 Å². The lowest BCUT2D eigenvalue weighted by molar-refractivity contribution is 0.232. The summed E-state index contributed by atoms with van der Waals surface area (Å²) < 4.78 is 0. The van der Waals surface area contributed by atoms with Gasteiger partial charge in [0.05, 0.1) is 0 Å². The van der Waals surface area contributed by atoms with Gasteiger partial charge < -0.3 is 10.3 Å². The van der Waals surface area contributed by atoms with Crippen LogP contribution in [0.4, 0.5) is 0 Å². The summed E-state index contributed by atoms with van der Waals surface area (Å²) in [5.74, 6) is 0. The summed E-state index contributed by atoms with van der Waals surface area (Å²) in [6.45, 7) is 4.84. The van der Waals surface area contributed by atoms with Crippen LogP contribution < -0.4 is 10.7 Å². The highest BCUT2D eigenvalue weighted by Crippen LogP contribution is 1.99. The molecule has 0 spiro atoms. The Hall–Kier alpha value is -1.13. The number of hydrogen-bond donors (Lipinski definition) is 2. The maximum atomic E-state index is 11.4. The topological polar surface area (TPSA) is 48.1 Å². The van der Waals surface area contributed by atoms with E-state index in [0.717, 1.165) is 38.3 Å². The Morgan fingerprint density at radius 2 is 2.14 bits per heavy atom.